The van der Waals surface area contributed by atoms with Gasteiger partial charge in [-0.25, -0.2) is 9.97 Å². The van der Waals surface area contributed by atoms with Crippen molar-refractivity contribution >= 4 is 11.7 Å². The minimum atomic E-state index is 0.0179. The molecule has 0 aliphatic carbocycles. The van der Waals surface area contributed by atoms with Gasteiger partial charge in [-0.05, 0) is 13.8 Å². The molecule has 2 rings (SSSR count). The van der Waals surface area contributed by atoms with E-state index in [1.807, 2.05) is 6.92 Å². The Bertz CT molecular complexity index is 399. The molecule has 0 aromatic carbocycles. The van der Waals surface area contributed by atoms with Crippen LogP contribution in [-0.2, 0) is 0 Å². The third-order valence-electron chi connectivity index (χ3n) is 2.75. The number of hydrogen-bond donors (Lipinski definition) is 1. The van der Waals surface area contributed by atoms with E-state index in [2.05, 4.69) is 20.2 Å². The molecule has 1 aromatic heterocycles. The van der Waals surface area contributed by atoms with Crippen LogP contribution in [-0.4, -0.2) is 41.9 Å². The van der Waals surface area contributed by atoms with Crippen LogP contribution in [0.4, 0.5) is 5.95 Å². The summed E-state index contributed by atoms with van der Waals surface area (Å²) in [6, 6.07) is 0. The quantitative estimate of drug-likeness (QED) is 0.731. The highest BCUT2D eigenvalue weighted by Crippen LogP contribution is 2.12. The number of nitrogens with zero attached hydrogens (tertiary/aromatic N) is 3. The van der Waals surface area contributed by atoms with E-state index in [0.29, 0.717) is 5.56 Å². The molecule has 5 nitrogen and oxygen atoms in total. The van der Waals surface area contributed by atoms with Crippen molar-refractivity contribution in [1.82, 2.24) is 15.3 Å². The largest absolute Gasteiger partial charge is 0.338 e. The Morgan fingerprint density at radius 3 is 2.69 bits per heavy atom. The molecule has 0 spiro atoms. The zero-order valence-corrected chi connectivity index (χ0v) is 9.66. The molecule has 1 fully saturated rings. The van der Waals surface area contributed by atoms with E-state index >= 15 is 0 Å². The summed E-state index contributed by atoms with van der Waals surface area (Å²) in [5.74, 6) is 0.744. The molecule has 16 heavy (non-hydrogen) atoms. The molecule has 1 aromatic rings. The molecule has 1 aliphatic heterocycles. The van der Waals surface area contributed by atoms with Gasteiger partial charge in [-0.1, -0.05) is 0 Å². The van der Waals surface area contributed by atoms with Crippen LogP contribution in [0.1, 0.15) is 23.0 Å². The Morgan fingerprint density at radius 1 is 1.44 bits per heavy atom. The summed E-state index contributed by atoms with van der Waals surface area (Å²) in [6.45, 7) is 7.13. The fraction of sp³-hybridized carbons (Fsp3) is 0.545. The Hall–Kier alpha value is -1.49. The van der Waals surface area contributed by atoms with Crippen LogP contribution in [0, 0.1) is 6.92 Å². The van der Waals surface area contributed by atoms with Crippen molar-refractivity contribution in [3.63, 3.8) is 0 Å². The van der Waals surface area contributed by atoms with Crippen molar-refractivity contribution < 1.29 is 4.79 Å². The minimum Gasteiger partial charge on any atom is -0.338 e. The van der Waals surface area contributed by atoms with Crippen molar-refractivity contribution in [3.05, 3.63) is 17.5 Å². The molecule has 0 radical (unpaired) electrons. The summed E-state index contributed by atoms with van der Waals surface area (Å²) in [5.41, 5.74) is 1.37. The second-order valence-corrected chi connectivity index (χ2v) is 3.96. The second-order valence-electron chi connectivity index (χ2n) is 3.96. The maximum absolute atomic E-state index is 11.3. The van der Waals surface area contributed by atoms with Gasteiger partial charge in [0.15, 0.2) is 5.78 Å². The van der Waals surface area contributed by atoms with Crippen LogP contribution < -0.4 is 10.2 Å². The SMILES string of the molecule is CC(=O)c1cnc(N2CCNCC2)nc1C. The highest BCUT2D eigenvalue weighted by Gasteiger charge is 2.14. The molecule has 1 aliphatic rings. The van der Waals surface area contributed by atoms with Gasteiger partial charge in [0.05, 0.1) is 11.3 Å². The van der Waals surface area contributed by atoms with Gasteiger partial charge in [-0.15, -0.1) is 0 Å². The summed E-state index contributed by atoms with van der Waals surface area (Å²) in [6.07, 6.45) is 1.63. The molecule has 2 heterocycles. The molecule has 86 valence electrons. The van der Waals surface area contributed by atoms with Gasteiger partial charge < -0.3 is 10.2 Å². The van der Waals surface area contributed by atoms with Crippen molar-refractivity contribution in [2.24, 2.45) is 0 Å². The van der Waals surface area contributed by atoms with E-state index in [-0.39, 0.29) is 5.78 Å². The predicted molar refractivity (Wildman–Crippen MR) is 61.9 cm³/mol. The summed E-state index contributed by atoms with van der Waals surface area (Å²) in [7, 11) is 0. The van der Waals surface area contributed by atoms with Gasteiger partial charge >= 0.3 is 0 Å². The van der Waals surface area contributed by atoms with Crippen LogP contribution in [0.3, 0.4) is 0 Å². The third kappa shape index (κ3) is 2.19. The van der Waals surface area contributed by atoms with Crippen LogP contribution in [0.25, 0.3) is 0 Å². The van der Waals surface area contributed by atoms with Gasteiger partial charge in [0.2, 0.25) is 5.95 Å². The Kier molecular flexibility index (Phi) is 3.14. The number of Topliss-reactive ketones (excluding diaryl/α,β-unsaturated/α-hetero) is 1. The summed E-state index contributed by atoms with van der Waals surface area (Å²) >= 11 is 0. The second kappa shape index (κ2) is 4.57. The minimum absolute atomic E-state index is 0.0179. The fourth-order valence-electron chi connectivity index (χ4n) is 1.82. The van der Waals surface area contributed by atoms with Crippen LogP contribution >= 0.6 is 0 Å². The van der Waals surface area contributed by atoms with Crippen molar-refractivity contribution in [2.75, 3.05) is 31.1 Å². The Morgan fingerprint density at radius 2 is 2.12 bits per heavy atom. The molecule has 0 saturated carbocycles. The number of hydrogen-bond acceptors (Lipinski definition) is 5. The van der Waals surface area contributed by atoms with Gasteiger partial charge in [0.25, 0.3) is 0 Å². The molecule has 0 bridgehead atoms. The number of ketones is 1. The first kappa shape index (κ1) is 11.0. The predicted octanol–water partition coefficient (Wildman–Crippen LogP) is 0.397. The standard InChI is InChI=1S/C11H16N4O/c1-8-10(9(2)16)7-13-11(14-8)15-5-3-12-4-6-15/h7,12H,3-6H2,1-2H3. The highest BCUT2D eigenvalue weighted by molar-refractivity contribution is 5.94. The number of rotatable bonds is 2. The number of aryl methyl sites for hydroxylation is 1. The fourth-order valence-corrected chi connectivity index (χ4v) is 1.82. The van der Waals surface area contributed by atoms with E-state index in [9.17, 15) is 4.79 Å². The average molecular weight is 220 g/mol. The molecule has 5 heteroatoms. The molecule has 0 amide bonds. The number of piperazine rings is 1. The van der Waals surface area contributed by atoms with E-state index < -0.39 is 0 Å². The van der Waals surface area contributed by atoms with Crippen LogP contribution in [0.5, 0.6) is 0 Å². The average Bonchev–Trinajstić information content (AvgIpc) is 2.29. The van der Waals surface area contributed by atoms with Crippen molar-refractivity contribution in [1.29, 1.82) is 0 Å². The monoisotopic (exact) mass is 220 g/mol. The molecule has 1 saturated heterocycles. The third-order valence-corrected chi connectivity index (χ3v) is 2.75. The first-order valence-corrected chi connectivity index (χ1v) is 5.48. The highest BCUT2D eigenvalue weighted by atomic mass is 16.1. The number of carbonyl (C=O) groups is 1. The lowest BCUT2D eigenvalue weighted by Crippen LogP contribution is -2.44. The number of anilines is 1. The molecular weight excluding hydrogens is 204 g/mol. The smallest absolute Gasteiger partial charge is 0.225 e. The van der Waals surface area contributed by atoms with Crippen LogP contribution in [0.2, 0.25) is 0 Å². The number of nitrogens with one attached hydrogen (secondary N) is 1. The molecule has 0 unspecified atom stereocenters. The summed E-state index contributed by atoms with van der Waals surface area (Å²) in [4.78, 5) is 22.0. The summed E-state index contributed by atoms with van der Waals surface area (Å²) in [5, 5.41) is 3.28. The molecule has 1 N–H and O–H groups in total. The van der Waals surface area contributed by atoms with Crippen molar-refractivity contribution in [3.8, 4) is 0 Å². The first-order chi connectivity index (χ1) is 7.68. The van der Waals surface area contributed by atoms with Crippen LogP contribution in [0.15, 0.2) is 6.20 Å². The Balaban J connectivity index is 2.23. The maximum Gasteiger partial charge on any atom is 0.225 e. The topological polar surface area (TPSA) is 58.1 Å². The van der Waals surface area contributed by atoms with Gasteiger partial charge in [-0.3, -0.25) is 4.79 Å². The van der Waals surface area contributed by atoms with Gasteiger partial charge in [-0.2, -0.15) is 0 Å². The lowest BCUT2D eigenvalue weighted by Gasteiger charge is -2.27. The van der Waals surface area contributed by atoms with E-state index in [1.165, 1.54) is 6.92 Å². The van der Waals surface area contributed by atoms with Gasteiger partial charge in [0.1, 0.15) is 0 Å². The first-order valence-electron chi connectivity index (χ1n) is 5.48. The van der Waals surface area contributed by atoms with Gasteiger partial charge in [0, 0.05) is 32.4 Å². The molecular formula is C11H16N4O. The molecule has 0 atom stereocenters. The van der Waals surface area contributed by atoms with E-state index in [1.54, 1.807) is 6.20 Å². The number of carbonyl (C=O) groups excluding carboxylic acids is 1. The van der Waals surface area contributed by atoms with Crippen molar-refractivity contribution in [2.45, 2.75) is 13.8 Å². The Labute approximate surface area is 94.9 Å². The van der Waals surface area contributed by atoms with E-state index in [4.69, 9.17) is 0 Å². The lowest BCUT2D eigenvalue weighted by atomic mass is 10.2. The maximum atomic E-state index is 11.3. The lowest BCUT2D eigenvalue weighted by molar-refractivity contribution is 0.101. The summed E-state index contributed by atoms with van der Waals surface area (Å²) < 4.78 is 0. The van der Waals surface area contributed by atoms with E-state index in [0.717, 1.165) is 37.8 Å². The normalized spacial score (nSPS) is 16.2. The number of aromatic nitrogens is 2. The zero-order chi connectivity index (χ0) is 11.5. The zero-order valence-electron chi connectivity index (χ0n) is 9.66.